The highest BCUT2D eigenvalue weighted by atomic mass is 79.9. The van der Waals surface area contributed by atoms with E-state index in [2.05, 4.69) is 15.9 Å². The summed E-state index contributed by atoms with van der Waals surface area (Å²) in [5, 5.41) is 20.5. The first kappa shape index (κ1) is 10.5. The highest BCUT2D eigenvalue weighted by molar-refractivity contribution is 9.10. The van der Waals surface area contributed by atoms with Crippen molar-refractivity contribution in [2.24, 2.45) is 0 Å². The third-order valence-electron chi connectivity index (χ3n) is 1.80. The first-order chi connectivity index (χ1) is 6.00. The Kier molecular flexibility index (Phi) is 3.27. The molecule has 0 saturated carbocycles. The molecular formula is C9H12BrNO2. The molecule has 1 aromatic rings. The van der Waals surface area contributed by atoms with Gasteiger partial charge in [0.15, 0.2) is 11.9 Å². The second kappa shape index (κ2) is 4.07. The number of aromatic nitrogens is 1. The summed E-state index contributed by atoms with van der Waals surface area (Å²) in [5.41, 5.74) is 1.52. The Morgan fingerprint density at radius 2 is 2.31 bits per heavy atom. The van der Waals surface area contributed by atoms with E-state index in [1.165, 1.54) is 6.20 Å². The van der Waals surface area contributed by atoms with Crippen LogP contribution < -0.4 is 4.73 Å². The van der Waals surface area contributed by atoms with E-state index in [-0.39, 0.29) is 0 Å². The predicted molar refractivity (Wildman–Crippen MR) is 53.2 cm³/mol. The highest BCUT2D eigenvalue weighted by Crippen LogP contribution is 2.12. The summed E-state index contributed by atoms with van der Waals surface area (Å²) in [6, 6.07) is 1.87. The molecule has 0 bridgehead atoms. The Labute approximate surface area is 85.7 Å². The van der Waals surface area contributed by atoms with Crippen molar-refractivity contribution < 1.29 is 9.84 Å². The zero-order chi connectivity index (χ0) is 10.0. The lowest BCUT2D eigenvalue weighted by molar-refractivity contribution is -0.615. The maximum absolute atomic E-state index is 11.4. The Bertz CT molecular complexity index is 289. The van der Waals surface area contributed by atoms with Gasteiger partial charge in [0, 0.05) is 5.56 Å². The topological polar surface area (TPSA) is 47.2 Å². The Balaban J connectivity index is 3.06. The summed E-state index contributed by atoms with van der Waals surface area (Å²) in [6.45, 7) is 3.53. The van der Waals surface area contributed by atoms with E-state index in [1.807, 2.05) is 13.0 Å². The summed E-state index contributed by atoms with van der Waals surface area (Å²) in [5.74, 6) is 0. The lowest BCUT2D eigenvalue weighted by Gasteiger charge is -2.09. The number of halogens is 1. The van der Waals surface area contributed by atoms with Crippen molar-refractivity contribution in [2.45, 2.75) is 26.4 Å². The van der Waals surface area contributed by atoms with Crippen LogP contribution in [0, 0.1) is 12.1 Å². The smallest absolute Gasteiger partial charge is 0.198 e. The van der Waals surface area contributed by atoms with Crippen molar-refractivity contribution in [2.75, 3.05) is 0 Å². The Morgan fingerprint density at radius 1 is 1.69 bits per heavy atom. The van der Waals surface area contributed by atoms with E-state index in [9.17, 15) is 5.21 Å². The SMILES string of the molecule is Cc1cc(Br)c[n+]([O-])c1CC(C)O. The normalized spacial score (nSPS) is 12.9. The van der Waals surface area contributed by atoms with Gasteiger partial charge in [0.2, 0.25) is 0 Å². The van der Waals surface area contributed by atoms with Crippen LogP contribution in [0.3, 0.4) is 0 Å². The van der Waals surface area contributed by atoms with Gasteiger partial charge in [0.05, 0.1) is 17.0 Å². The molecular weight excluding hydrogens is 234 g/mol. The van der Waals surface area contributed by atoms with E-state index < -0.39 is 6.10 Å². The van der Waals surface area contributed by atoms with Gasteiger partial charge < -0.3 is 10.3 Å². The molecule has 0 aliphatic heterocycles. The van der Waals surface area contributed by atoms with Crippen LogP contribution in [-0.4, -0.2) is 11.2 Å². The maximum atomic E-state index is 11.4. The van der Waals surface area contributed by atoms with E-state index >= 15 is 0 Å². The fraction of sp³-hybridized carbons (Fsp3) is 0.444. The van der Waals surface area contributed by atoms with Gasteiger partial charge in [-0.1, -0.05) is 0 Å². The van der Waals surface area contributed by atoms with Crippen LogP contribution in [-0.2, 0) is 6.42 Å². The molecule has 0 spiro atoms. The zero-order valence-corrected chi connectivity index (χ0v) is 9.21. The Hall–Kier alpha value is -0.610. The third kappa shape index (κ3) is 2.67. The first-order valence-corrected chi connectivity index (χ1v) is 4.86. The molecule has 0 amide bonds. The number of pyridine rings is 1. The predicted octanol–water partition coefficient (Wildman–Crippen LogP) is 1.31. The van der Waals surface area contributed by atoms with Crippen LogP contribution in [0.25, 0.3) is 0 Å². The molecule has 1 unspecified atom stereocenters. The number of aliphatic hydroxyl groups excluding tert-OH is 1. The van der Waals surface area contributed by atoms with Crippen molar-refractivity contribution in [3.63, 3.8) is 0 Å². The minimum atomic E-state index is -0.486. The van der Waals surface area contributed by atoms with Gasteiger partial charge in [-0.15, -0.1) is 0 Å². The standard InChI is InChI=1S/C9H12BrNO2/c1-6-3-8(10)5-11(13)9(6)4-7(2)12/h3,5,7,12H,4H2,1-2H3. The zero-order valence-electron chi connectivity index (χ0n) is 7.62. The fourth-order valence-corrected chi connectivity index (χ4v) is 1.75. The molecule has 0 saturated heterocycles. The van der Waals surface area contributed by atoms with Crippen molar-refractivity contribution in [1.82, 2.24) is 0 Å². The van der Waals surface area contributed by atoms with Gasteiger partial charge >= 0.3 is 0 Å². The molecule has 4 heteroatoms. The third-order valence-corrected chi connectivity index (χ3v) is 2.24. The molecule has 1 atom stereocenters. The number of nitrogens with zero attached hydrogens (tertiary/aromatic N) is 1. The molecule has 1 rings (SSSR count). The van der Waals surface area contributed by atoms with Gasteiger partial charge in [-0.2, -0.15) is 4.73 Å². The number of aliphatic hydroxyl groups is 1. The summed E-state index contributed by atoms with van der Waals surface area (Å²) < 4.78 is 1.56. The van der Waals surface area contributed by atoms with Crippen LogP contribution in [0.5, 0.6) is 0 Å². The lowest BCUT2D eigenvalue weighted by Crippen LogP contribution is -2.34. The maximum Gasteiger partial charge on any atom is 0.198 e. The molecule has 3 nitrogen and oxygen atoms in total. The quantitative estimate of drug-likeness (QED) is 0.631. The van der Waals surface area contributed by atoms with Crippen LogP contribution in [0.4, 0.5) is 0 Å². The highest BCUT2D eigenvalue weighted by Gasteiger charge is 2.13. The summed E-state index contributed by atoms with van der Waals surface area (Å²) in [6.07, 6.45) is 1.35. The van der Waals surface area contributed by atoms with Gasteiger partial charge in [-0.25, -0.2) is 0 Å². The number of hydrogen-bond acceptors (Lipinski definition) is 2. The van der Waals surface area contributed by atoms with E-state index in [0.29, 0.717) is 12.1 Å². The molecule has 0 fully saturated rings. The van der Waals surface area contributed by atoms with Crippen LogP contribution in [0.1, 0.15) is 18.2 Å². The second-order valence-electron chi connectivity index (χ2n) is 3.17. The molecule has 1 aromatic heterocycles. The van der Waals surface area contributed by atoms with Crippen molar-refractivity contribution in [3.05, 3.63) is 33.2 Å². The van der Waals surface area contributed by atoms with E-state index in [1.54, 1.807) is 6.92 Å². The van der Waals surface area contributed by atoms with Crippen molar-refractivity contribution in [3.8, 4) is 0 Å². The van der Waals surface area contributed by atoms with Gasteiger partial charge in [0.25, 0.3) is 0 Å². The average molecular weight is 246 g/mol. The van der Waals surface area contributed by atoms with Crippen molar-refractivity contribution in [1.29, 1.82) is 0 Å². The van der Waals surface area contributed by atoms with Crippen LogP contribution in [0.2, 0.25) is 0 Å². The van der Waals surface area contributed by atoms with Crippen LogP contribution >= 0.6 is 15.9 Å². The van der Waals surface area contributed by atoms with Crippen molar-refractivity contribution >= 4 is 15.9 Å². The minimum absolute atomic E-state index is 0.391. The lowest BCUT2D eigenvalue weighted by atomic mass is 10.1. The molecule has 0 aromatic carbocycles. The first-order valence-electron chi connectivity index (χ1n) is 4.07. The van der Waals surface area contributed by atoms with E-state index in [4.69, 9.17) is 5.11 Å². The largest absolute Gasteiger partial charge is 0.618 e. The van der Waals surface area contributed by atoms with Gasteiger partial charge in [-0.05, 0) is 35.8 Å². The Morgan fingerprint density at radius 3 is 2.77 bits per heavy atom. The number of aryl methyl sites for hydroxylation is 1. The number of rotatable bonds is 2. The molecule has 13 heavy (non-hydrogen) atoms. The summed E-state index contributed by atoms with van der Waals surface area (Å²) >= 11 is 3.23. The minimum Gasteiger partial charge on any atom is -0.618 e. The number of hydrogen-bond donors (Lipinski definition) is 1. The second-order valence-corrected chi connectivity index (χ2v) is 4.08. The van der Waals surface area contributed by atoms with Gasteiger partial charge in [-0.3, -0.25) is 0 Å². The fourth-order valence-electron chi connectivity index (χ4n) is 1.22. The van der Waals surface area contributed by atoms with Gasteiger partial charge in [0.1, 0.15) is 0 Å². The van der Waals surface area contributed by atoms with E-state index in [0.717, 1.165) is 14.8 Å². The molecule has 1 heterocycles. The molecule has 0 aliphatic carbocycles. The average Bonchev–Trinajstić information content (AvgIpc) is 1.96. The molecule has 72 valence electrons. The molecule has 0 aliphatic rings. The molecule has 1 N–H and O–H groups in total. The monoisotopic (exact) mass is 245 g/mol. The molecule has 0 radical (unpaired) electrons. The summed E-state index contributed by atoms with van der Waals surface area (Å²) in [7, 11) is 0. The summed E-state index contributed by atoms with van der Waals surface area (Å²) in [4.78, 5) is 0. The van der Waals surface area contributed by atoms with Crippen LogP contribution in [0.15, 0.2) is 16.7 Å².